The molecule has 0 heterocycles. The highest BCUT2D eigenvalue weighted by Gasteiger charge is 2.12. The maximum absolute atomic E-state index is 12.2. The topological polar surface area (TPSA) is 117 Å². The van der Waals surface area contributed by atoms with E-state index < -0.39 is 11.9 Å². The Hall–Kier alpha value is -4.04. The van der Waals surface area contributed by atoms with Crippen molar-refractivity contribution in [3.8, 4) is 17.6 Å². The molecule has 44 heavy (non-hydrogen) atoms. The van der Waals surface area contributed by atoms with Crippen molar-refractivity contribution in [1.29, 1.82) is 5.26 Å². The molecule has 0 atom stereocenters. The second-order valence-electron chi connectivity index (χ2n) is 9.25. The van der Waals surface area contributed by atoms with Gasteiger partial charge in [0.15, 0.2) is 0 Å². The van der Waals surface area contributed by atoms with E-state index in [2.05, 4.69) is 11.5 Å². The molecule has 0 saturated heterocycles. The summed E-state index contributed by atoms with van der Waals surface area (Å²) in [5.74, 6) is 0.670. The minimum absolute atomic E-state index is 0.122. The average Bonchev–Trinajstić information content (AvgIpc) is 3.05. The number of hydrogen-bond donors (Lipinski definition) is 0. The van der Waals surface area contributed by atoms with Gasteiger partial charge in [-0.1, -0.05) is 18.7 Å². The molecule has 2 aromatic rings. The van der Waals surface area contributed by atoms with E-state index in [-0.39, 0.29) is 18.8 Å². The van der Waals surface area contributed by atoms with Crippen LogP contribution in [0.4, 0.5) is 5.69 Å². The molecule has 0 aromatic heterocycles. The first kappa shape index (κ1) is 36.2. The van der Waals surface area contributed by atoms with E-state index in [0.29, 0.717) is 51.0 Å². The molecule has 0 radical (unpaired) electrons. The van der Waals surface area contributed by atoms with Crippen molar-refractivity contribution in [2.75, 3.05) is 77.2 Å². The molecule has 0 unspecified atom stereocenters. The number of carbonyl (C=O) groups excluding carboxylic acids is 2. The lowest BCUT2D eigenvalue weighted by atomic mass is 10.1. The summed E-state index contributed by atoms with van der Waals surface area (Å²) in [6, 6.07) is 16.8. The van der Waals surface area contributed by atoms with Crippen LogP contribution in [0.5, 0.6) is 11.5 Å². The minimum Gasteiger partial charge on any atom is -0.497 e. The Morgan fingerprint density at radius 2 is 1.45 bits per heavy atom. The highest BCUT2D eigenvalue weighted by Crippen LogP contribution is 2.19. The highest BCUT2D eigenvalue weighted by atomic mass is 35.5. The van der Waals surface area contributed by atoms with Crippen molar-refractivity contribution < 1.29 is 38.0 Å². The molecular weight excluding hydrogens is 588 g/mol. The Kier molecular flexibility index (Phi) is 18.5. The summed E-state index contributed by atoms with van der Waals surface area (Å²) < 4.78 is 32.0. The van der Waals surface area contributed by atoms with Crippen LogP contribution < -0.4 is 14.4 Å². The summed E-state index contributed by atoms with van der Waals surface area (Å²) >= 11 is 6.03. The predicted molar refractivity (Wildman–Crippen MR) is 169 cm³/mol. The Labute approximate surface area is 264 Å². The number of rotatable bonds is 23. The third-order valence-electron chi connectivity index (χ3n) is 6.05. The Bertz CT molecular complexity index is 1200. The zero-order valence-electron chi connectivity index (χ0n) is 25.2. The fraction of sp³-hybridized carbons (Fsp3) is 0.424. The lowest BCUT2D eigenvalue weighted by Gasteiger charge is -2.24. The number of methoxy groups -OCH3 is 1. The molecule has 0 aliphatic rings. The van der Waals surface area contributed by atoms with Crippen LogP contribution in [-0.2, 0) is 28.5 Å². The third kappa shape index (κ3) is 14.9. The van der Waals surface area contributed by atoms with Crippen molar-refractivity contribution in [3.63, 3.8) is 0 Å². The van der Waals surface area contributed by atoms with Gasteiger partial charge >= 0.3 is 11.9 Å². The van der Waals surface area contributed by atoms with Gasteiger partial charge in [0.2, 0.25) is 0 Å². The zero-order chi connectivity index (χ0) is 31.8. The van der Waals surface area contributed by atoms with Crippen LogP contribution in [0.3, 0.4) is 0 Å². The molecule has 0 fully saturated rings. The van der Waals surface area contributed by atoms with Gasteiger partial charge in [0, 0.05) is 63.6 Å². The van der Waals surface area contributed by atoms with E-state index in [1.165, 1.54) is 6.08 Å². The van der Waals surface area contributed by atoms with E-state index in [1.807, 2.05) is 54.6 Å². The first-order valence-electron chi connectivity index (χ1n) is 14.4. The van der Waals surface area contributed by atoms with Gasteiger partial charge in [-0.2, -0.15) is 5.26 Å². The fourth-order valence-corrected chi connectivity index (χ4v) is 4.02. The Morgan fingerprint density at radius 3 is 2.07 bits per heavy atom. The SMILES string of the molecule is C=CC(=O)OCCOC(=O)/C(C#N)=C/c1ccc(N(CCCl)CCCOCCCOCCCOc2ccc(OC)cc2)cc1. The standard InChI is InChI=1S/C33H41ClN2O8/c1-3-32(37)43-23-24-44-33(38)28(26-35)25-27-7-9-29(10-8-27)36(17-15-34)16-4-18-40-19-5-20-41-21-6-22-42-31-13-11-30(39-2)12-14-31/h3,7-14,25H,1,4-6,15-24H2,2H3/b28-25+. The number of alkyl halides is 1. The summed E-state index contributed by atoms with van der Waals surface area (Å²) in [6.45, 7) is 7.54. The molecule has 238 valence electrons. The number of nitrogens with zero attached hydrogens (tertiary/aromatic N) is 2. The van der Waals surface area contributed by atoms with Crippen LogP contribution in [0, 0.1) is 11.3 Å². The van der Waals surface area contributed by atoms with Gasteiger partial charge in [-0.15, -0.1) is 11.6 Å². The predicted octanol–water partition coefficient (Wildman–Crippen LogP) is 5.20. The van der Waals surface area contributed by atoms with Crippen LogP contribution in [0.25, 0.3) is 6.08 Å². The average molecular weight is 629 g/mol. The second kappa shape index (κ2) is 22.5. The van der Waals surface area contributed by atoms with Crippen LogP contribution in [-0.4, -0.2) is 84.3 Å². The summed E-state index contributed by atoms with van der Waals surface area (Å²) in [4.78, 5) is 25.4. The molecule has 11 heteroatoms. The highest BCUT2D eigenvalue weighted by molar-refractivity contribution is 6.18. The largest absolute Gasteiger partial charge is 0.497 e. The number of nitriles is 1. The fourth-order valence-electron chi connectivity index (χ4n) is 3.82. The molecule has 0 amide bonds. The van der Waals surface area contributed by atoms with Crippen LogP contribution >= 0.6 is 11.6 Å². The van der Waals surface area contributed by atoms with Crippen molar-refractivity contribution in [2.45, 2.75) is 19.3 Å². The third-order valence-corrected chi connectivity index (χ3v) is 6.22. The maximum atomic E-state index is 12.2. The van der Waals surface area contributed by atoms with Gasteiger partial charge in [-0.05, 0) is 60.9 Å². The number of anilines is 1. The van der Waals surface area contributed by atoms with E-state index in [4.69, 9.17) is 40.0 Å². The van der Waals surface area contributed by atoms with Crippen molar-refractivity contribution in [1.82, 2.24) is 0 Å². The van der Waals surface area contributed by atoms with Gasteiger partial charge in [-0.3, -0.25) is 0 Å². The monoisotopic (exact) mass is 628 g/mol. The Morgan fingerprint density at radius 1 is 0.841 bits per heavy atom. The number of benzene rings is 2. The van der Waals surface area contributed by atoms with E-state index >= 15 is 0 Å². The number of halogens is 1. The smallest absolute Gasteiger partial charge is 0.349 e. The molecular formula is C33H41ClN2O8. The van der Waals surface area contributed by atoms with Crippen molar-refractivity contribution in [2.24, 2.45) is 0 Å². The summed E-state index contributed by atoms with van der Waals surface area (Å²) in [5, 5.41) is 9.37. The summed E-state index contributed by atoms with van der Waals surface area (Å²) in [5.41, 5.74) is 1.48. The number of carbonyl (C=O) groups is 2. The molecule has 0 bridgehead atoms. The summed E-state index contributed by atoms with van der Waals surface area (Å²) in [6.07, 6.45) is 4.92. The van der Waals surface area contributed by atoms with E-state index in [0.717, 1.165) is 49.1 Å². The van der Waals surface area contributed by atoms with Gasteiger partial charge in [0.05, 0.1) is 13.7 Å². The minimum atomic E-state index is -0.795. The number of ether oxygens (including phenoxy) is 6. The number of hydrogen-bond acceptors (Lipinski definition) is 10. The van der Waals surface area contributed by atoms with Gasteiger partial charge < -0.3 is 33.3 Å². The first-order chi connectivity index (χ1) is 21.5. The lowest BCUT2D eigenvalue weighted by Crippen LogP contribution is -2.27. The molecule has 0 saturated carbocycles. The van der Waals surface area contributed by atoms with Crippen LogP contribution in [0.2, 0.25) is 0 Å². The van der Waals surface area contributed by atoms with Gasteiger partial charge in [0.1, 0.15) is 36.4 Å². The molecule has 10 nitrogen and oxygen atoms in total. The van der Waals surface area contributed by atoms with Crippen LogP contribution in [0.1, 0.15) is 24.8 Å². The molecule has 0 N–H and O–H groups in total. The molecule has 0 aliphatic carbocycles. The Balaban J connectivity index is 1.62. The van der Waals surface area contributed by atoms with Gasteiger partial charge in [0.25, 0.3) is 0 Å². The van der Waals surface area contributed by atoms with E-state index in [9.17, 15) is 14.9 Å². The first-order valence-corrected chi connectivity index (χ1v) is 15.0. The zero-order valence-corrected chi connectivity index (χ0v) is 26.0. The normalized spacial score (nSPS) is 10.9. The molecule has 0 spiro atoms. The lowest BCUT2D eigenvalue weighted by molar-refractivity contribution is -0.146. The van der Waals surface area contributed by atoms with E-state index in [1.54, 1.807) is 7.11 Å². The van der Waals surface area contributed by atoms with Crippen LogP contribution in [0.15, 0.2) is 66.8 Å². The van der Waals surface area contributed by atoms with Gasteiger partial charge in [-0.25, -0.2) is 9.59 Å². The molecule has 2 rings (SSSR count). The maximum Gasteiger partial charge on any atom is 0.349 e. The molecule has 2 aromatic carbocycles. The summed E-state index contributed by atoms with van der Waals surface area (Å²) in [7, 11) is 1.63. The molecule has 0 aliphatic heterocycles. The van der Waals surface area contributed by atoms with Crippen molar-refractivity contribution in [3.05, 3.63) is 72.3 Å². The second-order valence-corrected chi connectivity index (χ2v) is 9.63. The van der Waals surface area contributed by atoms with Crippen molar-refractivity contribution >= 4 is 35.3 Å². The quantitative estimate of drug-likeness (QED) is 0.0534. The number of esters is 2.